The summed E-state index contributed by atoms with van der Waals surface area (Å²) in [7, 11) is 0. The van der Waals surface area contributed by atoms with E-state index in [4.69, 9.17) is 0 Å². The molecule has 0 radical (unpaired) electrons. The van der Waals surface area contributed by atoms with E-state index in [-0.39, 0.29) is 6.04 Å². The fourth-order valence-electron chi connectivity index (χ4n) is 2.28. The van der Waals surface area contributed by atoms with Gasteiger partial charge in [-0.2, -0.15) is 0 Å². The molecule has 20 heavy (non-hydrogen) atoms. The van der Waals surface area contributed by atoms with E-state index in [1.54, 1.807) is 11.3 Å². The maximum atomic E-state index is 13.3. The van der Waals surface area contributed by atoms with Crippen molar-refractivity contribution in [3.05, 3.63) is 57.3 Å². The lowest BCUT2D eigenvalue weighted by atomic mass is 10.0. The van der Waals surface area contributed by atoms with Gasteiger partial charge in [0.15, 0.2) is 0 Å². The summed E-state index contributed by atoms with van der Waals surface area (Å²) in [6.07, 6.45) is 1.62. The predicted molar refractivity (Wildman–Crippen MR) is 80.2 cm³/mol. The van der Waals surface area contributed by atoms with E-state index in [1.165, 1.54) is 22.6 Å². The molecule has 0 spiro atoms. The van der Waals surface area contributed by atoms with Crippen LogP contribution < -0.4 is 5.32 Å². The maximum Gasteiger partial charge on any atom is 0.126 e. The summed E-state index contributed by atoms with van der Waals surface area (Å²) in [6.45, 7) is 5.06. The highest BCUT2D eigenvalue weighted by Gasteiger charge is 2.16. The summed E-state index contributed by atoms with van der Waals surface area (Å²) in [4.78, 5) is 1.24. The second kappa shape index (κ2) is 6.95. The quantitative estimate of drug-likeness (QED) is 0.820. The van der Waals surface area contributed by atoms with Crippen molar-refractivity contribution in [2.75, 3.05) is 6.54 Å². The van der Waals surface area contributed by atoms with Crippen LogP contribution in [0.2, 0.25) is 0 Å². The van der Waals surface area contributed by atoms with Gasteiger partial charge in [0.05, 0.1) is 0 Å². The molecule has 2 aromatic rings. The van der Waals surface area contributed by atoms with Crippen molar-refractivity contribution in [2.45, 2.75) is 32.7 Å². The molecule has 0 aliphatic heterocycles. The van der Waals surface area contributed by atoms with Gasteiger partial charge >= 0.3 is 0 Å². The van der Waals surface area contributed by atoms with Gasteiger partial charge in [-0.25, -0.2) is 8.78 Å². The zero-order chi connectivity index (χ0) is 14.5. The zero-order valence-electron chi connectivity index (χ0n) is 11.7. The summed E-state index contributed by atoms with van der Waals surface area (Å²) >= 11 is 1.69. The lowest BCUT2D eigenvalue weighted by Crippen LogP contribution is -2.24. The average Bonchev–Trinajstić information content (AvgIpc) is 2.79. The Morgan fingerprint density at radius 1 is 1.20 bits per heavy atom. The molecule has 1 aromatic heterocycles. The third-order valence-electron chi connectivity index (χ3n) is 3.22. The molecule has 1 N–H and O–H groups in total. The highest BCUT2D eigenvalue weighted by atomic mass is 32.1. The first-order valence-corrected chi connectivity index (χ1v) is 7.70. The minimum absolute atomic E-state index is 0.108. The number of benzene rings is 1. The molecule has 1 aromatic carbocycles. The van der Waals surface area contributed by atoms with Crippen molar-refractivity contribution in [3.8, 4) is 0 Å². The lowest BCUT2D eigenvalue weighted by molar-refractivity contribution is 0.527. The highest BCUT2D eigenvalue weighted by Crippen LogP contribution is 2.27. The van der Waals surface area contributed by atoms with E-state index >= 15 is 0 Å². The molecule has 1 nitrogen and oxygen atoms in total. The van der Waals surface area contributed by atoms with Gasteiger partial charge in [-0.15, -0.1) is 11.3 Å². The van der Waals surface area contributed by atoms with E-state index in [0.29, 0.717) is 12.0 Å². The van der Waals surface area contributed by atoms with Crippen molar-refractivity contribution in [1.82, 2.24) is 5.32 Å². The molecule has 0 saturated heterocycles. The van der Waals surface area contributed by atoms with E-state index in [9.17, 15) is 8.78 Å². The number of rotatable bonds is 6. The van der Waals surface area contributed by atoms with Gasteiger partial charge in [-0.1, -0.05) is 6.92 Å². The Hall–Kier alpha value is -1.26. The molecule has 0 aliphatic rings. The largest absolute Gasteiger partial charge is 0.309 e. The monoisotopic (exact) mass is 295 g/mol. The van der Waals surface area contributed by atoms with Gasteiger partial charge in [0.2, 0.25) is 0 Å². The van der Waals surface area contributed by atoms with Crippen LogP contribution in [-0.2, 0) is 6.42 Å². The Kier molecular flexibility index (Phi) is 5.26. The molecule has 0 saturated carbocycles. The normalized spacial score (nSPS) is 12.6. The molecule has 0 aliphatic carbocycles. The number of halogens is 2. The molecule has 1 atom stereocenters. The molecule has 2 rings (SSSR count). The second-order valence-corrected chi connectivity index (χ2v) is 5.90. The summed E-state index contributed by atoms with van der Waals surface area (Å²) in [5.74, 6) is -1.03. The third-order valence-corrected chi connectivity index (χ3v) is 4.35. The first-order valence-electron chi connectivity index (χ1n) is 6.82. The molecule has 4 heteroatoms. The standard InChI is InChI=1S/C16H19F2NS/c1-3-5-19-15(16-11(2)4-6-20-16)9-12-7-13(17)10-14(18)8-12/h4,6-8,10,15,19H,3,5,9H2,1-2H3. The Labute approximate surface area is 122 Å². The van der Waals surface area contributed by atoms with Crippen molar-refractivity contribution >= 4 is 11.3 Å². The van der Waals surface area contributed by atoms with Gasteiger partial charge in [0, 0.05) is 17.0 Å². The van der Waals surface area contributed by atoms with E-state index < -0.39 is 11.6 Å². The van der Waals surface area contributed by atoms with Crippen LogP contribution in [-0.4, -0.2) is 6.54 Å². The molecular formula is C16H19F2NS. The Morgan fingerprint density at radius 2 is 1.90 bits per heavy atom. The van der Waals surface area contributed by atoms with Gasteiger partial charge < -0.3 is 5.32 Å². The summed E-state index contributed by atoms with van der Waals surface area (Å²) < 4.78 is 26.6. The van der Waals surface area contributed by atoms with Crippen molar-refractivity contribution < 1.29 is 8.78 Å². The first-order chi connectivity index (χ1) is 9.60. The molecule has 1 heterocycles. The van der Waals surface area contributed by atoms with Crippen LogP contribution in [0.4, 0.5) is 8.78 Å². The predicted octanol–water partition coefficient (Wildman–Crippen LogP) is 4.62. The molecule has 108 valence electrons. The summed E-state index contributed by atoms with van der Waals surface area (Å²) in [5.41, 5.74) is 1.91. The highest BCUT2D eigenvalue weighted by molar-refractivity contribution is 7.10. The average molecular weight is 295 g/mol. The van der Waals surface area contributed by atoms with Crippen LogP contribution in [0.25, 0.3) is 0 Å². The molecule has 0 fully saturated rings. The molecule has 0 bridgehead atoms. The van der Waals surface area contributed by atoms with Gasteiger partial charge in [0.25, 0.3) is 0 Å². The Bertz CT molecular complexity index is 545. The fraction of sp³-hybridized carbons (Fsp3) is 0.375. The number of thiophene rings is 1. The second-order valence-electron chi connectivity index (χ2n) is 4.96. The number of hydrogen-bond acceptors (Lipinski definition) is 2. The number of hydrogen-bond donors (Lipinski definition) is 1. The minimum atomic E-state index is -0.517. The maximum absolute atomic E-state index is 13.3. The lowest BCUT2D eigenvalue weighted by Gasteiger charge is -2.18. The number of nitrogens with one attached hydrogen (secondary N) is 1. The smallest absolute Gasteiger partial charge is 0.126 e. The van der Waals surface area contributed by atoms with Gasteiger partial charge in [-0.3, -0.25) is 0 Å². The van der Waals surface area contributed by atoms with Crippen LogP contribution in [0, 0.1) is 18.6 Å². The van der Waals surface area contributed by atoms with E-state index in [0.717, 1.165) is 19.0 Å². The van der Waals surface area contributed by atoms with Crippen LogP contribution >= 0.6 is 11.3 Å². The molecular weight excluding hydrogens is 276 g/mol. The van der Waals surface area contributed by atoms with Crippen molar-refractivity contribution in [1.29, 1.82) is 0 Å². The van der Waals surface area contributed by atoms with Crippen LogP contribution in [0.1, 0.15) is 35.4 Å². The molecule has 1 unspecified atom stereocenters. The summed E-state index contributed by atoms with van der Waals surface area (Å²) in [6, 6.07) is 5.91. The topological polar surface area (TPSA) is 12.0 Å². The minimum Gasteiger partial charge on any atom is -0.309 e. The van der Waals surface area contributed by atoms with E-state index in [1.807, 2.05) is 0 Å². The van der Waals surface area contributed by atoms with Gasteiger partial charge in [-0.05, 0) is 61.0 Å². The van der Waals surface area contributed by atoms with Crippen LogP contribution in [0.5, 0.6) is 0 Å². The summed E-state index contributed by atoms with van der Waals surface area (Å²) in [5, 5.41) is 5.52. The fourth-order valence-corrected chi connectivity index (χ4v) is 3.29. The molecule has 0 amide bonds. The Balaban J connectivity index is 2.21. The third kappa shape index (κ3) is 3.87. The Morgan fingerprint density at radius 3 is 2.45 bits per heavy atom. The number of aryl methyl sites for hydroxylation is 1. The van der Waals surface area contributed by atoms with E-state index in [2.05, 4.69) is 30.6 Å². The van der Waals surface area contributed by atoms with Crippen LogP contribution in [0.3, 0.4) is 0 Å². The SMILES string of the molecule is CCCNC(Cc1cc(F)cc(F)c1)c1sccc1C. The zero-order valence-corrected chi connectivity index (χ0v) is 12.6. The van der Waals surface area contributed by atoms with Gasteiger partial charge in [0.1, 0.15) is 11.6 Å². The van der Waals surface area contributed by atoms with Crippen LogP contribution in [0.15, 0.2) is 29.6 Å². The van der Waals surface area contributed by atoms with Crippen molar-refractivity contribution in [2.24, 2.45) is 0 Å². The first kappa shape index (κ1) is 15.1. The van der Waals surface area contributed by atoms with Crippen molar-refractivity contribution in [3.63, 3.8) is 0 Å².